The minimum absolute atomic E-state index is 0.0815. The van der Waals surface area contributed by atoms with Gasteiger partial charge in [-0.3, -0.25) is 4.79 Å². The van der Waals surface area contributed by atoms with Gasteiger partial charge in [-0.2, -0.15) is 13.2 Å². The Bertz CT molecular complexity index is 780. The van der Waals surface area contributed by atoms with Crippen molar-refractivity contribution in [2.45, 2.75) is 55.5 Å². The quantitative estimate of drug-likeness (QED) is 0.762. The van der Waals surface area contributed by atoms with E-state index in [2.05, 4.69) is 10.6 Å². The second-order valence-corrected chi connectivity index (χ2v) is 10.2. The van der Waals surface area contributed by atoms with Crippen LogP contribution in [0.25, 0.3) is 0 Å². The fraction of sp³-hybridized carbons (Fsp3) is 0.611. The van der Waals surface area contributed by atoms with Crippen molar-refractivity contribution in [3.8, 4) is 0 Å². The first-order valence-electron chi connectivity index (χ1n) is 8.72. The highest BCUT2D eigenvalue weighted by atomic mass is 32.2. The van der Waals surface area contributed by atoms with Gasteiger partial charge in [0, 0.05) is 5.54 Å². The fourth-order valence-corrected chi connectivity index (χ4v) is 4.98. The molecule has 0 unspecified atom stereocenters. The molecule has 1 aliphatic rings. The molecule has 27 heavy (non-hydrogen) atoms. The van der Waals surface area contributed by atoms with Gasteiger partial charge in [-0.05, 0) is 64.3 Å². The second kappa shape index (κ2) is 7.79. The molecular weight excluding hydrogens is 381 g/mol. The second-order valence-electron chi connectivity index (χ2n) is 7.96. The third-order valence-corrected chi connectivity index (χ3v) is 6.53. The minimum Gasteiger partial charge on any atom is -0.350 e. The predicted octanol–water partition coefficient (Wildman–Crippen LogP) is 2.76. The van der Waals surface area contributed by atoms with Crippen molar-refractivity contribution >= 4 is 15.7 Å². The summed E-state index contributed by atoms with van der Waals surface area (Å²) in [6.45, 7) is 6.26. The Morgan fingerprint density at radius 1 is 1.19 bits per heavy atom. The summed E-state index contributed by atoms with van der Waals surface area (Å²) in [5, 5.41) is 5.12. The lowest BCUT2D eigenvalue weighted by Gasteiger charge is -2.35. The van der Waals surface area contributed by atoms with E-state index in [4.69, 9.17) is 0 Å². The Kier molecular flexibility index (Phi) is 6.26. The predicted molar refractivity (Wildman–Crippen MR) is 95.9 cm³/mol. The number of carbonyl (C=O) groups excluding carboxylic acids is 1. The molecule has 9 heteroatoms. The number of carbonyl (C=O) groups is 1. The van der Waals surface area contributed by atoms with Crippen molar-refractivity contribution in [2.24, 2.45) is 5.92 Å². The van der Waals surface area contributed by atoms with Crippen molar-refractivity contribution in [2.75, 3.05) is 13.1 Å². The molecule has 5 nitrogen and oxygen atoms in total. The van der Waals surface area contributed by atoms with E-state index < -0.39 is 26.8 Å². The Labute approximate surface area is 157 Å². The van der Waals surface area contributed by atoms with Gasteiger partial charge in [0.2, 0.25) is 5.91 Å². The lowest BCUT2D eigenvalue weighted by Crippen LogP contribution is -2.47. The van der Waals surface area contributed by atoms with Crippen LogP contribution in [0, 0.1) is 5.92 Å². The first-order valence-corrected chi connectivity index (χ1v) is 10.3. The van der Waals surface area contributed by atoms with Gasteiger partial charge < -0.3 is 10.6 Å². The standard InChI is InChI=1S/C18H25F3N2O3S/c1-17(2,3)23-16(24)11-22-10-12-7-15(8-12)27(25,26)14-6-4-5-13(9-14)18(19,20)21/h4-6,9,12,15,22H,7-8,10-11H2,1-3H3,(H,23,24). The summed E-state index contributed by atoms with van der Waals surface area (Å²) in [7, 11) is -3.79. The Morgan fingerprint density at radius 3 is 2.37 bits per heavy atom. The molecule has 0 saturated heterocycles. The molecule has 0 atom stereocenters. The number of hydrogen-bond acceptors (Lipinski definition) is 4. The molecule has 1 fully saturated rings. The zero-order valence-electron chi connectivity index (χ0n) is 15.6. The summed E-state index contributed by atoms with van der Waals surface area (Å²) in [6, 6.07) is 3.86. The van der Waals surface area contributed by atoms with E-state index in [0.29, 0.717) is 25.5 Å². The average Bonchev–Trinajstić information content (AvgIpc) is 2.46. The summed E-state index contributed by atoms with van der Waals surface area (Å²) in [6.07, 6.45) is -3.84. The van der Waals surface area contributed by atoms with Gasteiger partial charge in [-0.1, -0.05) is 6.07 Å². The maximum absolute atomic E-state index is 12.8. The number of halogens is 3. The first kappa shape index (κ1) is 21.7. The number of benzene rings is 1. The van der Waals surface area contributed by atoms with Crippen molar-refractivity contribution in [3.63, 3.8) is 0 Å². The Balaban J connectivity index is 1.85. The fourth-order valence-electron chi connectivity index (χ4n) is 2.99. The van der Waals surface area contributed by atoms with E-state index in [1.165, 1.54) is 6.07 Å². The van der Waals surface area contributed by atoms with E-state index in [1.807, 2.05) is 20.8 Å². The van der Waals surface area contributed by atoms with E-state index in [9.17, 15) is 26.4 Å². The van der Waals surface area contributed by atoms with Gasteiger partial charge in [0.1, 0.15) is 0 Å². The van der Waals surface area contributed by atoms with E-state index in [1.54, 1.807) is 0 Å². The van der Waals surface area contributed by atoms with Crippen LogP contribution in [0.3, 0.4) is 0 Å². The monoisotopic (exact) mass is 406 g/mol. The van der Waals surface area contributed by atoms with Crippen LogP contribution in [-0.2, 0) is 20.8 Å². The van der Waals surface area contributed by atoms with Crippen LogP contribution in [0.5, 0.6) is 0 Å². The number of alkyl halides is 3. The SMILES string of the molecule is CC(C)(C)NC(=O)CNCC1CC(S(=O)(=O)c2cccc(C(F)(F)F)c2)C1. The summed E-state index contributed by atoms with van der Waals surface area (Å²) in [5.41, 5.74) is -1.29. The highest BCUT2D eigenvalue weighted by Crippen LogP contribution is 2.37. The number of rotatable bonds is 6. The summed E-state index contributed by atoms with van der Waals surface area (Å²) >= 11 is 0. The lowest BCUT2D eigenvalue weighted by molar-refractivity contribution is -0.137. The lowest BCUT2D eigenvalue weighted by atomic mass is 9.85. The van der Waals surface area contributed by atoms with Gasteiger partial charge in [0.15, 0.2) is 9.84 Å². The van der Waals surface area contributed by atoms with Crippen LogP contribution in [-0.4, -0.2) is 38.2 Å². The number of hydrogen-bond donors (Lipinski definition) is 2. The largest absolute Gasteiger partial charge is 0.416 e. The molecule has 1 aromatic carbocycles. The zero-order valence-corrected chi connectivity index (χ0v) is 16.4. The molecule has 1 aliphatic carbocycles. The molecule has 0 heterocycles. The summed E-state index contributed by atoms with van der Waals surface area (Å²) in [4.78, 5) is 11.4. The van der Waals surface area contributed by atoms with Crippen LogP contribution in [0.15, 0.2) is 29.2 Å². The van der Waals surface area contributed by atoms with Crippen LogP contribution >= 0.6 is 0 Å². The number of sulfone groups is 1. The summed E-state index contributed by atoms with van der Waals surface area (Å²) < 4.78 is 63.4. The number of amides is 1. The molecule has 2 rings (SSSR count). The molecule has 0 bridgehead atoms. The molecule has 0 aromatic heterocycles. The topological polar surface area (TPSA) is 75.3 Å². The van der Waals surface area contributed by atoms with Crippen LogP contribution in [0.2, 0.25) is 0 Å². The van der Waals surface area contributed by atoms with Gasteiger partial charge >= 0.3 is 6.18 Å². The van der Waals surface area contributed by atoms with Crippen LogP contribution in [0.4, 0.5) is 13.2 Å². The Morgan fingerprint density at radius 2 is 1.81 bits per heavy atom. The highest BCUT2D eigenvalue weighted by molar-refractivity contribution is 7.92. The highest BCUT2D eigenvalue weighted by Gasteiger charge is 2.40. The average molecular weight is 406 g/mol. The smallest absolute Gasteiger partial charge is 0.350 e. The van der Waals surface area contributed by atoms with E-state index >= 15 is 0 Å². The van der Waals surface area contributed by atoms with Gasteiger partial charge in [0.05, 0.1) is 22.3 Å². The molecule has 1 saturated carbocycles. The molecule has 2 N–H and O–H groups in total. The van der Waals surface area contributed by atoms with Crippen molar-refractivity contribution in [1.29, 1.82) is 0 Å². The summed E-state index contributed by atoms with van der Waals surface area (Å²) in [5.74, 6) is -0.0621. The maximum atomic E-state index is 12.8. The minimum atomic E-state index is -4.58. The van der Waals surface area contributed by atoms with Gasteiger partial charge in [-0.25, -0.2) is 8.42 Å². The van der Waals surface area contributed by atoms with Gasteiger partial charge in [0.25, 0.3) is 0 Å². The van der Waals surface area contributed by atoms with Crippen LogP contribution in [0.1, 0.15) is 39.2 Å². The maximum Gasteiger partial charge on any atom is 0.416 e. The molecule has 1 amide bonds. The molecule has 1 aromatic rings. The van der Waals surface area contributed by atoms with Gasteiger partial charge in [-0.15, -0.1) is 0 Å². The van der Waals surface area contributed by atoms with Crippen molar-refractivity contribution in [1.82, 2.24) is 10.6 Å². The van der Waals surface area contributed by atoms with E-state index in [-0.39, 0.29) is 28.8 Å². The third kappa shape index (κ3) is 5.93. The van der Waals surface area contributed by atoms with Crippen molar-refractivity contribution in [3.05, 3.63) is 29.8 Å². The molecular formula is C18H25F3N2O3S. The third-order valence-electron chi connectivity index (χ3n) is 4.35. The molecule has 0 radical (unpaired) electrons. The van der Waals surface area contributed by atoms with Crippen molar-refractivity contribution < 1.29 is 26.4 Å². The molecule has 0 spiro atoms. The van der Waals surface area contributed by atoms with E-state index in [0.717, 1.165) is 12.1 Å². The molecule has 152 valence electrons. The number of nitrogens with one attached hydrogen (secondary N) is 2. The normalized spacial score (nSPS) is 20.8. The zero-order chi connectivity index (χ0) is 20.5. The Hall–Kier alpha value is -1.61. The van der Waals surface area contributed by atoms with Crippen LogP contribution < -0.4 is 10.6 Å². The molecule has 0 aliphatic heterocycles. The first-order chi connectivity index (χ1) is 12.3.